The number of aromatic nitrogens is 1. The van der Waals surface area contributed by atoms with Crippen LogP contribution in [0.3, 0.4) is 0 Å². The molecular formula is C18H23N3O5S. The van der Waals surface area contributed by atoms with Crippen molar-refractivity contribution >= 4 is 15.9 Å². The number of ether oxygens (including phenoxy) is 1. The smallest absolute Gasteiger partial charge is 0.260 e. The zero-order chi connectivity index (χ0) is 19.6. The largest absolute Gasteiger partial charge is 0.484 e. The van der Waals surface area contributed by atoms with E-state index >= 15 is 0 Å². The Kier molecular flexibility index (Phi) is 5.52. The first-order valence-corrected chi connectivity index (χ1v) is 10.1. The van der Waals surface area contributed by atoms with Crippen molar-refractivity contribution in [3.8, 4) is 5.75 Å². The van der Waals surface area contributed by atoms with Gasteiger partial charge in [-0.05, 0) is 38.5 Å². The monoisotopic (exact) mass is 393 g/mol. The normalized spacial score (nSPS) is 15.7. The van der Waals surface area contributed by atoms with Crippen molar-refractivity contribution in [1.82, 2.24) is 14.4 Å². The van der Waals surface area contributed by atoms with Crippen LogP contribution in [0.2, 0.25) is 0 Å². The molecule has 8 nitrogen and oxygen atoms in total. The molecule has 0 bridgehead atoms. The standard InChI is InChI=1S/C18H23N3O5S/c1-13-5-4-6-16(11-13)25-12-17(22)20-7-9-21(10-8-20)27(23,24)18-14(2)19-26-15(18)3/h4-6,11H,7-10,12H2,1-3H3. The Labute approximate surface area is 158 Å². The Morgan fingerprint density at radius 3 is 2.48 bits per heavy atom. The van der Waals surface area contributed by atoms with Crippen LogP contribution in [0.4, 0.5) is 0 Å². The minimum atomic E-state index is -3.68. The molecule has 3 rings (SSSR count). The summed E-state index contributed by atoms with van der Waals surface area (Å²) in [5.74, 6) is 0.756. The molecule has 0 spiro atoms. The van der Waals surface area contributed by atoms with E-state index in [9.17, 15) is 13.2 Å². The van der Waals surface area contributed by atoms with E-state index < -0.39 is 10.0 Å². The third-order valence-electron chi connectivity index (χ3n) is 4.51. The van der Waals surface area contributed by atoms with Gasteiger partial charge in [0.25, 0.3) is 5.91 Å². The molecule has 1 aromatic carbocycles. The summed E-state index contributed by atoms with van der Waals surface area (Å²) in [5, 5.41) is 3.72. The van der Waals surface area contributed by atoms with E-state index in [4.69, 9.17) is 9.26 Å². The van der Waals surface area contributed by atoms with Gasteiger partial charge in [-0.15, -0.1) is 0 Å². The summed E-state index contributed by atoms with van der Waals surface area (Å²) in [6.07, 6.45) is 0. The molecule has 0 aliphatic carbocycles. The van der Waals surface area contributed by atoms with Gasteiger partial charge >= 0.3 is 0 Å². The van der Waals surface area contributed by atoms with Crippen LogP contribution < -0.4 is 4.74 Å². The van der Waals surface area contributed by atoms with Crippen molar-refractivity contribution in [1.29, 1.82) is 0 Å². The number of sulfonamides is 1. The molecule has 146 valence electrons. The van der Waals surface area contributed by atoms with Gasteiger partial charge in [-0.2, -0.15) is 4.31 Å². The number of rotatable bonds is 5. The van der Waals surface area contributed by atoms with Crippen LogP contribution >= 0.6 is 0 Å². The van der Waals surface area contributed by atoms with Crippen molar-refractivity contribution in [2.45, 2.75) is 25.7 Å². The Balaban J connectivity index is 1.57. The second kappa shape index (κ2) is 7.69. The number of benzene rings is 1. The molecule has 1 fully saturated rings. The number of hydrogen-bond acceptors (Lipinski definition) is 6. The van der Waals surface area contributed by atoms with Gasteiger partial charge in [0, 0.05) is 26.2 Å². The average Bonchev–Trinajstić information content (AvgIpc) is 2.99. The van der Waals surface area contributed by atoms with Crippen LogP contribution in [0.15, 0.2) is 33.7 Å². The molecule has 1 saturated heterocycles. The van der Waals surface area contributed by atoms with Gasteiger partial charge < -0.3 is 14.2 Å². The molecule has 9 heteroatoms. The van der Waals surface area contributed by atoms with E-state index in [1.54, 1.807) is 24.8 Å². The van der Waals surface area contributed by atoms with Crippen LogP contribution in [0.5, 0.6) is 5.75 Å². The van der Waals surface area contributed by atoms with Gasteiger partial charge in [-0.1, -0.05) is 17.3 Å². The average molecular weight is 393 g/mol. The summed E-state index contributed by atoms with van der Waals surface area (Å²) in [5.41, 5.74) is 1.40. The Hall–Kier alpha value is -2.39. The van der Waals surface area contributed by atoms with Gasteiger partial charge in [0.1, 0.15) is 16.3 Å². The second-order valence-corrected chi connectivity index (χ2v) is 8.42. The molecular weight excluding hydrogens is 370 g/mol. The van der Waals surface area contributed by atoms with Gasteiger partial charge in [-0.25, -0.2) is 8.42 Å². The number of carbonyl (C=O) groups is 1. The van der Waals surface area contributed by atoms with E-state index in [0.717, 1.165) is 5.56 Å². The Bertz CT molecular complexity index is 911. The topological polar surface area (TPSA) is 93.0 Å². The molecule has 1 aliphatic rings. The molecule has 2 aromatic rings. The zero-order valence-electron chi connectivity index (χ0n) is 15.6. The molecule has 0 N–H and O–H groups in total. The van der Waals surface area contributed by atoms with Crippen LogP contribution in [0.1, 0.15) is 17.0 Å². The van der Waals surface area contributed by atoms with Crippen molar-refractivity contribution < 1.29 is 22.5 Å². The predicted molar refractivity (Wildman–Crippen MR) is 98.0 cm³/mol. The highest BCUT2D eigenvalue weighted by atomic mass is 32.2. The minimum Gasteiger partial charge on any atom is -0.484 e. The summed E-state index contributed by atoms with van der Waals surface area (Å²) in [4.78, 5) is 14.1. The van der Waals surface area contributed by atoms with E-state index in [1.165, 1.54) is 4.31 Å². The predicted octanol–water partition coefficient (Wildman–Crippen LogP) is 1.51. The molecule has 0 radical (unpaired) electrons. The second-order valence-electron chi connectivity index (χ2n) is 6.54. The molecule has 0 saturated carbocycles. The highest BCUT2D eigenvalue weighted by Gasteiger charge is 2.34. The summed E-state index contributed by atoms with van der Waals surface area (Å²) >= 11 is 0. The number of aryl methyl sites for hydroxylation is 3. The number of amides is 1. The van der Waals surface area contributed by atoms with E-state index in [1.807, 2.05) is 25.1 Å². The fraction of sp³-hybridized carbons (Fsp3) is 0.444. The van der Waals surface area contributed by atoms with E-state index in [0.29, 0.717) is 24.5 Å². The number of nitrogens with zero attached hydrogens (tertiary/aromatic N) is 3. The number of piperazine rings is 1. The lowest BCUT2D eigenvalue weighted by Crippen LogP contribution is -2.51. The van der Waals surface area contributed by atoms with Gasteiger partial charge in [0.05, 0.1) is 0 Å². The van der Waals surface area contributed by atoms with Crippen molar-refractivity contribution in [3.63, 3.8) is 0 Å². The number of carbonyl (C=O) groups excluding carboxylic acids is 1. The highest BCUT2D eigenvalue weighted by Crippen LogP contribution is 2.24. The van der Waals surface area contributed by atoms with Crippen LogP contribution in [-0.2, 0) is 14.8 Å². The highest BCUT2D eigenvalue weighted by molar-refractivity contribution is 7.89. The lowest BCUT2D eigenvalue weighted by atomic mass is 10.2. The van der Waals surface area contributed by atoms with Crippen molar-refractivity contribution in [2.24, 2.45) is 0 Å². The maximum absolute atomic E-state index is 12.8. The summed E-state index contributed by atoms with van der Waals surface area (Å²) in [6, 6.07) is 7.48. The van der Waals surface area contributed by atoms with Crippen molar-refractivity contribution in [3.05, 3.63) is 41.3 Å². The maximum atomic E-state index is 12.8. The lowest BCUT2D eigenvalue weighted by Gasteiger charge is -2.33. The molecule has 1 aliphatic heterocycles. The maximum Gasteiger partial charge on any atom is 0.260 e. The number of hydrogen-bond donors (Lipinski definition) is 0. The van der Waals surface area contributed by atoms with E-state index in [2.05, 4.69) is 5.16 Å². The summed E-state index contributed by atoms with van der Waals surface area (Å²) in [7, 11) is -3.68. The molecule has 1 aromatic heterocycles. The van der Waals surface area contributed by atoms with Gasteiger partial charge in [-0.3, -0.25) is 4.79 Å². The summed E-state index contributed by atoms with van der Waals surface area (Å²) < 4.78 is 37.5. The van der Waals surface area contributed by atoms with Crippen molar-refractivity contribution in [2.75, 3.05) is 32.8 Å². The summed E-state index contributed by atoms with van der Waals surface area (Å²) in [6.45, 7) is 6.15. The fourth-order valence-electron chi connectivity index (χ4n) is 3.09. The third-order valence-corrected chi connectivity index (χ3v) is 6.65. The van der Waals surface area contributed by atoms with Gasteiger partial charge in [0.2, 0.25) is 10.0 Å². The molecule has 1 amide bonds. The Morgan fingerprint density at radius 1 is 1.19 bits per heavy atom. The lowest BCUT2D eigenvalue weighted by molar-refractivity contribution is -0.134. The minimum absolute atomic E-state index is 0.0694. The first kappa shape index (κ1) is 19.4. The first-order chi connectivity index (χ1) is 12.8. The first-order valence-electron chi connectivity index (χ1n) is 8.69. The van der Waals surface area contributed by atoms with Crippen LogP contribution in [0, 0.1) is 20.8 Å². The van der Waals surface area contributed by atoms with Crippen LogP contribution in [-0.4, -0.2) is 61.5 Å². The molecule has 0 unspecified atom stereocenters. The molecule has 27 heavy (non-hydrogen) atoms. The van der Waals surface area contributed by atoms with E-state index in [-0.39, 0.29) is 36.3 Å². The molecule has 2 heterocycles. The Morgan fingerprint density at radius 2 is 1.89 bits per heavy atom. The SMILES string of the molecule is Cc1cccc(OCC(=O)N2CCN(S(=O)(=O)c3c(C)noc3C)CC2)c1. The fourth-order valence-corrected chi connectivity index (χ4v) is 4.80. The molecule has 0 atom stereocenters. The quantitative estimate of drug-likeness (QED) is 0.765. The third kappa shape index (κ3) is 4.14. The zero-order valence-corrected chi connectivity index (χ0v) is 16.5. The van der Waals surface area contributed by atoms with Crippen LogP contribution in [0.25, 0.3) is 0 Å². The van der Waals surface area contributed by atoms with Gasteiger partial charge in [0.15, 0.2) is 12.4 Å².